The van der Waals surface area contributed by atoms with E-state index in [-0.39, 0.29) is 29.2 Å². The maximum absolute atomic E-state index is 12.1. The molecule has 1 aliphatic rings. The molecule has 5 heteroatoms. The van der Waals surface area contributed by atoms with E-state index in [1.54, 1.807) is 30.1 Å². The van der Waals surface area contributed by atoms with Crippen LogP contribution < -0.4 is 5.32 Å². The van der Waals surface area contributed by atoms with Crippen LogP contribution >= 0.6 is 0 Å². The first-order chi connectivity index (χ1) is 8.97. The number of rotatable bonds is 2. The Morgan fingerprint density at radius 3 is 2.84 bits per heavy atom. The number of benzene rings is 1. The van der Waals surface area contributed by atoms with E-state index in [1.165, 1.54) is 0 Å². The number of carbonyl (C=O) groups is 2. The molecule has 19 heavy (non-hydrogen) atoms. The second kappa shape index (κ2) is 5.30. The minimum absolute atomic E-state index is 0.0160. The van der Waals surface area contributed by atoms with Crippen LogP contribution in [-0.4, -0.2) is 41.5 Å². The van der Waals surface area contributed by atoms with E-state index in [4.69, 9.17) is 0 Å². The van der Waals surface area contributed by atoms with Gasteiger partial charge in [-0.2, -0.15) is 0 Å². The number of aryl methyl sites for hydroxylation is 1. The highest BCUT2D eigenvalue weighted by Crippen LogP contribution is 2.19. The maximum Gasteiger partial charge on any atom is 0.255 e. The summed E-state index contributed by atoms with van der Waals surface area (Å²) < 4.78 is 0. The number of piperidine rings is 1. The summed E-state index contributed by atoms with van der Waals surface area (Å²) in [7, 11) is 1.73. The predicted molar refractivity (Wildman–Crippen MR) is 71.0 cm³/mol. The number of likely N-dealkylation sites (N-methyl/N-ethyl adjacent to an activating group) is 1. The molecule has 2 rings (SSSR count). The summed E-state index contributed by atoms with van der Waals surface area (Å²) in [6.45, 7) is 2.36. The molecule has 0 radical (unpaired) electrons. The number of amides is 2. The molecule has 1 atom stereocenters. The van der Waals surface area contributed by atoms with Crippen LogP contribution in [0.2, 0.25) is 0 Å². The van der Waals surface area contributed by atoms with Crippen LogP contribution in [0.25, 0.3) is 0 Å². The molecular formula is C14H18N2O3. The molecule has 1 saturated heterocycles. The third kappa shape index (κ3) is 3.05. The van der Waals surface area contributed by atoms with Gasteiger partial charge in [0.2, 0.25) is 5.91 Å². The summed E-state index contributed by atoms with van der Waals surface area (Å²) in [5, 5.41) is 12.6. The van der Waals surface area contributed by atoms with Gasteiger partial charge in [-0.15, -0.1) is 0 Å². The van der Waals surface area contributed by atoms with Gasteiger partial charge in [0.05, 0.1) is 5.56 Å². The number of phenolic OH excluding ortho intramolecular Hbond substituents is 1. The lowest BCUT2D eigenvalue weighted by molar-refractivity contribution is -0.132. The first kappa shape index (κ1) is 13.4. The Hall–Kier alpha value is -2.04. The van der Waals surface area contributed by atoms with E-state index >= 15 is 0 Å². The van der Waals surface area contributed by atoms with Crippen molar-refractivity contribution in [1.29, 1.82) is 0 Å². The zero-order valence-corrected chi connectivity index (χ0v) is 11.1. The number of likely N-dealkylation sites (tertiary alicyclic amines) is 1. The lowest BCUT2D eigenvalue weighted by Crippen LogP contribution is -2.48. The monoisotopic (exact) mass is 262 g/mol. The summed E-state index contributed by atoms with van der Waals surface area (Å²) in [4.78, 5) is 25.0. The van der Waals surface area contributed by atoms with E-state index < -0.39 is 0 Å². The van der Waals surface area contributed by atoms with Crippen LogP contribution in [0.15, 0.2) is 18.2 Å². The van der Waals surface area contributed by atoms with Gasteiger partial charge in [-0.05, 0) is 31.0 Å². The average molecular weight is 262 g/mol. The highest BCUT2D eigenvalue weighted by molar-refractivity contribution is 5.97. The number of nitrogens with one attached hydrogen (secondary N) is 1. The zero-order chi connectivity index (χ0) is 14.0. The second-order valence-corrected chi connectivity index (χ2v) is 5.00. The van der Waals surface area contributed by atoms with Gasteiger partial charge in [0.15, 0.2) is 0 Å². The number of hydrogen-bond acceptors (Lipinski definition) is 3. The third-order valence-electron chi connectivity index (χ3n) is 3.36. The number of aromatic hydroxyl groups is 1. The van der Waals surface area contributed by atoms with Gasteiger partial charge in [-0.1, -0.05) is 6.07 Å². The number of nitrogens with zero attached hydrogens (tertiary/aromatic N) is 1. The van der Waals surface area contributed by atoms with E-state index in [2.05, 4.69) is 5.32 Å². The lowest BCUT2D eigenvalue weighted by Gasteiger charge is -2.30. The Balaban J connectivity index is 2.03. The van der Waals surface area contributed by atoms with E-state index in [0.29, 0.717) is 19.4 Å². The highest BCUT2D eigenvalue weighted by Gasteiger charge is 2.24. The first-order valence-corrected chi connectivity index (χ1v) is 6.32. The summed E-state index contributed by atoms with van der Waals surface area (Å²) in [6.07, 6.45) is 1.09. The fourth-order valence-corrected chi connectivity index (χ4v) is 2.23. The van der Waals surface area contributed by atoms with Crippen LogP contribution in [0.1, 0.15) is 28.8 Å². The smallest absolute Gasteiger partial charge is 0.255 e. The Morgan fingerprint density at radius 1 is 1.47 bits per heavy atom. The minimum Gasteiger partial charge on any atom is -0.507 e. The number of hydrogen-bond donors (Lipinski definition) is 2. The fraction of sp³-hybridized carbons (Fsp3) is 0.429. The van der Waals surface area contributed by atoms with Crippen molar-refractivity contribution in [1.82, 2.24) is 10.2 Å². The molecule has 0 aliphatic carbocycles. The molecule has 0 spiro atoms. The Morgan fingerprint density at radius 2 is 2.21 bits per heavy atom. The standard InChI is InChI=1S/C14H18N2O3/c1-9-3-5-11(12(17)7-9)14(19)15-10-4-6-13(18)16(2)8-10/h3,5,7,10,17H,4,6,8H2,1-2H3,(H,15,19). The van der Waals surface area contributed by atoms with E-state index in [0.717, 1.165) is 5.56 Å². The lowest BCUT2D eigenvalue weighted by atomic mass is 10.0. The molecule has 5 nitrogen and oxygen atoms in total. The van der Waals surface area contributed by atoms with Crippen LogP contribution in [-0.2, 0) is 4.79 Å². The van der Waals surface area contributed by atoms with Gasteiger partial charge in [-0.25, -0.2) is 0 Å². The average Bonchev–Trinajstić information content (AvgIpc) is 2.33. The quantitative estimate of drug-likeness (QED) is 0.837. The van der Waals surface area contributed by atoms with Crippen molar-refractivity contribution in [3.63, 3.8) is 0 Å². The molecule has 102 valence electrons. The largest absolute Gasteiger partial charge is 0.507 e. The van der Waals surface area contributed by atoms with Gasteiger partial charge in [0.1, 0.15) is 5.75 Å². The molecule has 1 aromatic carbocycles. The molecule has 2 amide bonds. The molecule has 1 fully saturated rings. The summed E-state index contributed by atoms with van der Waals surface area (Å²) in [5.74, 6) is -0.216. The third-order valence-corrected chi connectivity index (χ3v) is 3.36. The fourth-order valence-electron chi connectivity index (χ4n) is 2.23. The topological polar surface area (TPSA) is 69.6 Å². The summed E-state index contributed by atoms with van der Waals surface area (Å²) >= 11 is 0. The highest BCUT2D eigenvalue weighted by atomic mass is 16.3. The van der Waals surface area contributed by atoms with Gasteiger partial charge in [0, 0.05) is 26.1 Å². The van der Waals surface area contributed by atoms with Gasteiger partial charge >= 0.3 is 0 Å². The normalized spacial score (nSPS) is 19.4. The van der Waals surface area contributed by atoms with Gasteiger partial charge in [-0.3, -0.25) is 9.59 Å². The molecule has 1 heterocycles. The molecule has 0 bridgehead atoms. The van der Waals surface area contributed by atoms with Crippen molar-refractivity contribution >= 4 is 11.8 Å². The van der Waals surface area contributed by atoms with Crippen LogP contribution in [0.5, 0.6) is 5.75 Å². The van der Waals surface area contributed by atoms with Crippen molar-refractivity contribution in [2.45, 2.75) is 25.8 Å². The van der Waals surface area contributed by atoms with Crippen LogP contribution in [0.4, 0.5) is 0 Å². The minimum atomic E-state index is -0.301. The van der Waals surface area contributed by atoms with Crippen molar-refractivity contribution in [2.24, 2.45) is 0 Å². The second-order valence-electron chi connectivity index (χ2n) is 5.00. The first-order valence-electron chi connectivity index (χ1n) is 6.32. The van der Waals surface area contributed by atoms with E-state index in [1.807, 2.05) is 6.92 Å². The van der Waals surface area contributed by atoms with Gasteiger partial charge < -0.3 is 15.3 Å². The summed E-state index contributed by atoms with van der Waals surface area (Å²) in [6, 6.07) is 4.89. The SMILES string of the molecule is Cc1ccc(C(=O)NC2CCC(=O)N(C)C2)c(O)c1. The van der Waals surface area contributed by atoms with Crippen molar-refractivity contribution < 1.29 is 14.7 Å². The van der Waals surface area contributed by atoms with Gasteiger partial charge in [0.25, 0.3) is 5.91 Å². The molecular weight excluding hydrogens is 244 g/mol. The molecule has 1 aliphatic heterocycles. The van der Waals surface area contributed by atoms with Crippen molar-refractivity contribution in [3.05, 3.63) is 29.3 Å². The maximum atomic E-state index is 12.1. The van der Waals surface area contributed by atoms with Crippen LogP contribution in [0, 0.1) is 6.92 Å². The Bertz CT molecular complexity index is 513. The number of phenols is 1. The predicted octanol–water partition coefficient (Wildman–Crippen LogP) is 1.05. The zero-order valence-electron chi connectivity index (χ0n) is 11.1. The molecule has 0 saturated carbocycles. The van der Waals surface area contributed by atoms with Crippen molar-refractivity contribution in [2.75, 3.05) is 13.6 Å². The Kier molecular flexibility index (Phi) is 3.74. The molecule has 0 aromatic heterocycles. The summed E-state index contributed by atoms with van der Waals surface area (Å²) in [5.41, 5.74) is 1.17. The molecule has 2 N–H and O–H groups in total. The number of carbonyl (C=O) groups excluding carboxylic acids is 2. The van der Waals surface area contributed by atoms with E-state index in [9.17, 15) is 14.7 Å². The molecule has 1 aromatic rings. The van der Waals surface area contributed by atoms with Crippen molar-refractivity contribution in [3.8, 4) is 5.75 Å². The van der Waals surface area contributed by atoms with Crippen LogP contribution in [0.3, 0.4) is 0 Å². The Labute approximate surface area is 112 Å². The molecule has 1 unspecified atom stereocenters.